The highest BCUT2D eigenvalue weighted by molar-refractivity contribution is 9.11. The minimum atomic E-state index is -0.538. The highest BCUT2D eigenvalue weighted by Gasteiger charge is 2.41. The number of halogens is 1. The molecular weight excluding hydrogens is 382 g/mol. The summed E-state index contributed by atoms with van der Waals surface area (Å²) in [5.74, 6) is -0.422. The number of allylic oxidation sites excluding steroid dienone is 2. The number of thiophene rings is 1. The Bertz CT molecular complexity index is 734. The van der Waals surface area contributed by atoms with Crippen LogP contribution in [0.15, 0.2) is 38.7 Å². The molecule has 0 amide bonds. The van der Waals surface area contributed by atoms with Crippen LogP contribution in [0, 0.1) is 0 Å². The van der Waals surface area contributed by atoms with Crippen molar-refractivity contribution in [3.63, 3.8) is 0 Å². The molecule has 3 rings (SSSR count). The minimum absolute atomic E-state index is 0.00932. The van der Waals surface area contributed by atoms with Gasteiger partial charge in [0, 0.05) is 23.3 Å². The summed E-state index contributed by atoms with van der Waals surface area (Å²) >= 11 is 4.90. The number of esters is 1. The zero-order chi connectivity index (χ0) is 16.6. The van der Waals surface area contributed by atoms with E-state index < -0.39 is 11.9 Å². The number of Topliss-reactive ketones (excluding diaryl/α,β-unsaturated/α-hetero) is 1. The van der Waals surface area contributed by atoms with Gasteiger partial charge in [0.2, 0.25) is 5.88 Å². The lowest BCUT2D eigenvalue weighted by Gasteiger charge is -2.31. The van der Waals surface area contributed by atoms with Crippen molar-refractivity contribution in [3.05, 3.63) is 43.6 Å². The molecule has 2 heterocycles. The van der Waals surface area contributed by atoms with E-state index in [1.807, 2.05) is 12.1 Å². The Labute approximate surface area is 146 Å². The number of hydrogen-bond acceptors (Lipinski definition) is 6. The van der Waals surface area contributed by atoms with Crippen LogP contribution in [0.3, 0.4) is 0 Å². The van der Waals surface area contributed by atoms with E-state index in [1.54, 1.807) is 6.92 Å². The van der Waals surface area contributed by atoms with Crippen LogP contribution in [0.2, 0.25) is 0 Å². The van der Waals surface area contributed by atoms with Gasteiger partial charge < -0.3 is 15.2 Å². The largest absolute Gasteiger partial charge is 0.462 e. The fourth-order valence-corrected chi connectivity index (χ4v) is 4.48. The second kappa shape index (κ2) is 6.49. The van der Waals surface area contributed by atoms with Crippen molar-refractivity contribution < 1.29 is 19.1 Å². The molecule has 2 aliphatic rings. The highest BCUT2D eigenvalue weighted by atomic mass is 79.9. The van der Waals surface area contributed by atoms with Gasteiger partial charge >= 0.3 is 5.97 Å². The topological polar surface area (TPSA) is 78.6 Å². The summed E-state index contributed by atoms with van der Waals surface area (Å²) in [5.41, 5.74) is 6.76. The lowest BCUT2D eigenvalue weighted by atomic mass is 9.80. The quantitative estimate of drug-likeness (QED) is 0.790. The van der Waals surface area contributed by atoms with Gasteiger partial charge in [0.15, 0.2) is 5.78 Å². The Hall–Kier alpha value is -1.60. The molecule has 7 heteroatoms. The predicted molar refractivity (Wildman–Crippen MR) is 89.6 cm³/mol. The molecule has 1 aromatic heterocycles. The van der Waals surface area contributed by atoms with E-state index in [2.05, 4.69) is 15.9 Å². The average molecular weight is 398 g/mol. The maximum atomic E-state index is 12.5. The maximum Gasteiger partial charge on any atom is 0.340 e. The minimum Gasteiger partial charge on any atom is -0.462 e. The molecule has 5 nitrogen and oxygen atoms in total. The molecule has 0 bridgehead atoms. The highest BCUT2D eigenvalue weighted by Crippen LogP contribution is 2.46. The van der Waals surface area contributed by atoms with Crippen molar-refractivity contribution in [2.24, 2.45) is 5.73 Å². The van der Waals surface area contributed by atoms with Crippen molar-refractivity contribution in [3.8, 4) is 0 Å². The van der Waals surface area contributed by atoms with E-state index >= 15 is 0 Å². The van der Waals surface area contributed by atoms with Crippen LogP contribution in [0.1, 0.15) is 37.0 Å². The van der Waals surface area contributed by atoms with Gasteiger partial charge in [-0.2, -0.15) is 0 Å². The van der Waals surface area contributed by atoms with Crippen molar-refractivity contribution in [1.29, 1.82) is 0 Å². The number of hydrogen-bond donors (Lipinski definition) is 1. The number of rotatable bonds is 3. The van der Waals surface area contributed by atoms with E-state index in [9.17, 15) is 9.59 Å². The summed E-state index contributed by atoms with van der Waals surface area (Å²) in [4.78, 5) is 25.8. The van der Waals surface area contributed by atoms with Gasteiger partial charge in [0.25, 0.3) is 0 Å². The van der Waals surface area contributed by atoms with Gasteiger partial charge in [-0.25, -0.2) is 4.79 Å². The Morgan fingerprint density at radius 3 is 2.91 bits per heavy atom. The molecule has 1 aromatic rings. The fourth-order valence-electron chi connectivity index (χ4n) is 2.93. The van der Waals surface area contributed by atoms with Crippen molar-refractivity contribution in [2.75, 3.05) is 6.61 Å². The molecule has 1 aliphatic carbocycles. The first-order valence-electron chi connectivity index (χ1n) is 7.39. The number of carbonyl (C=O) groups excluding carboxylic acids is 2. The third-order valence-electron chi connectivity index (χ3n) is 3.86. The van der Waals surface area contributed by atoms with E-state index in [4.69, 9.17) is 15.2 Å². The number of ketones is 1. The second-order valence-electron chi connectivity index (χ2n) is 5.29. The summed E-state index contributed by atoms with van der Waals surface area (Å²) in [7, 11) is 0. The maximum absolute atomic E-state index is 12.5. The first-order valence-corrected chi connectivity index (χ1v) is 9.00. The number of ether oxygens (including phenoxy) is 2. The molecule has 0 spiro atoms. The van der Waals surface area contributed by atoms with Gasteiger partial charge in [-0.05, 0) is 41.4 Å². The van der Waals surface area contributed by atoms with Crippen molar-refractivity contribution in [1.82, 2.24) is 0 Å². The van der Waals surface area contributed by atoms with Crippen molar-refractivity contribution >= 4 is 39.0 Å². The number of carbonyl (C=O) groups is 2. The second-order valence-corrected chi connectivity index (χ2v) is 7.78. The average Bonchev–Trinajstić information content (AvgIpc) is 2.92. The van der Waals surface area contributed by atoms with Gasteiger partial charge in [-0.1, -0.05) is 0 Å². The Morgan fingerprint density at radius 1 is 1.48 bits per heavy atom. The lowest BCUT2D eigenvalue weighted by molar-refractivity contribution is -0.139. The van der Waals surface area contributed by atoms with Crippen LogP contribution in [-0.2, 0) is 19.1 Å². The molecule has 0 aromatic carbocycles. The Balaban J connectivity index is 2.14. The summed E-state index contributed by atoms with van der Waals surface area (Å²) in [6.45, 7) is 1.96. The monoisotopic (exact) mass is 397 g/mol. The molecule has 2 N–H and O–H groups in total. The molecule has 0 saturated carbocycles. The summed E-state index contributed by atoms with van der Waals surface area (Å²) in [5, 5.41) is 0. The van der Waals surface area contributed by atoms with E-state index in [0.717, 1.165) is 15.1 Å². The molecule has 0 saturated heterocycles. The standard InChI is InChI=1S/C16H16BrNO4S/c1-2-21-16(20)14-13(10-6-7-11(17)23-10)12-8(19)4-3-5-9(12)22-15(14)18/h6-7,13H,2-5,18H2,1H3. The molecule has 1 unspecified atom stereocenters. The van der Waals surface area contributed by atoms with Crippen molar-refractivity contribution in [2.45, 2.75) is 32.1 Å². The lowest BCUT2D eigenvalue weighted by Crippen LogP contribution is -2.31. The molecule has 122 valence electrons. The number of nitrogens with two attached hydrogens (primary N) is 1. The van der Waals surface area contributed by atoms with Crippen LogP contribution < -0.4 is 5.73 Å². The third kappa shape index (κ3) is 2.95. The van der Waals surface area contributed by atoms with Gasteiger partial charge in [0.05, 0.1) is 16.3 Å². The van der Waals surface area contributed by atoms with Crippen LogP contribution in [-0.4, -0.2) is 18.4 Å². The zero-order valence-electron chi connectivity index (χ0n) is 12.6. The first-order chi connectivity index (χ1) is 11.0. The van der Waals surface area contributed by atoms with Crippen LogP contribution in [0.4, 0.5) is 0 Å². The molecular formula is C16H16BrNO4S. The normalized spacial score (nSPS) is 21.1. The fraction of sp³-hybridized carbons (Fsp3) is 0.375. The Kier molecular flexibility index (Phi) is 4.59. The van der Waals surface area contributed by atoms with E-state index in [0.29, 0.717) is 24.2 Å². The van der Waals surface area contributed by atoms with Gasteiger partial charge in [-0.15, -0.1) is 11.3 Å². The Morgan fingerprint density at radius 2 is 2.26 bits per heavy atom. The molecule has 0 radical (unpaired) electrons. The molecule has 23 heavy (non-hydrogen) atoms. The van der Waals surface area contributed by atoms with Crippen LogP contribution in [0.25, 0.3) is 0 Å². The molecule has 1 atom stereocenters. The van der Waals surface area contributed by atoms with E-state index in [1.165, 1.54) is 11.3 Å². The van der Waals surface area contributed by atoms with Crippen LogP contribution in [0.5, 0.6) is 0 Å². The zero-order valence-corrected chi connectivity index (χ0v) is 15.0. The van der Waals surface area contributed by atoms with E-state index in [-0.39, 0.29) is 23.8 Å². The smallest absolute Gasteiger partial charge is 0.340 e. The van der Waals surface area contributed by atoms with Gasteiger partial charge in [0.1, 0.15) is 11.3 Å². The SMILES string of the molecule is CCOC(=O)C1=C(N)OC2=C(C(=O)CCC2)C1c1ccc(Br)s1. The third-order valence-corrected chi connectivity index (χ3v) is 5.55. The predicted octanol–water partition coefficient (Wildman–Crippen LogP) is 3.36. The van der Waals surface area contributed by atoms with Gasteiger partial charge in [-0.3, -0.25) is 4.79 Å². The first kappa shape index (κ1) is 16.3. The summed E-state index contributed by atoms with van der Waals surface area (Å²) in [6.07, 6.45) is 1.85. The molecule has 1 aliphatic heterocycles. The summed E-state index contributed by atoms with van der Waals surface area (Å²) in [6, 6.07) is 3.78. The summed E-state index contributed by atoms with van der Waals surface area (Å²) < 4.78 is 11.7. The van der Waals surface area contributed by atoms with Crippen LogP contribution >= 0.6 is 27.3 Å². The molecule has 0 fully saturated rings.